The van der Waals surface area contributed by atoms with Crippen molar-refractivity contribution in [3.8, 4) is 0 Å². The molecule has 0 atom stereocenters. The van der Waals surface area contributed by atoms with Crippen molar-refractivity contribution < 1.29 is 28.7 Å². The van der Waals surface area contributed by atoms with Crippen molar-refractivity contribution in [2.24, 2.45) is 0 Å². The SMILES string of the molecule is [CH3][Sn]([CH3])([CH3])[C]1=[C-]CC=C1.[CH3][Sn]([CH3])([CH3])[C]1=[C-]CC=C1.[H-].[H-].[Hf]. The summed E-state index contributed by atoms with van der Waals surface area (Å²) in [5.41, 5.74) is 0. The Kier molecular flexibility index (Phi) is 9.43. The molecular formula is C16H28HfSn2-4. The van der Waals surface area contributed by atoms with Crippen LogP contribution in [0.2, 0.25) is 29.6 Å². The molecule has 108 valence electrons. The summed E-state index contributed by atoms with van der Waals surface area (Å²) < 4.78 is 3.12. The first-order valence-corrected chi connectivity index (χ1v) is 26.7. The van der Waals surface area contributed by atoms with Gasteiger partial charge < -0.3 is 2.85 Å². The summed E-state index contributed by atoms with van der Waals surface area (Å²) in [5.74, 6) is 0. The third-order valence-electron chi connectivity index (χ3n) is 3.01. The Morgan fingerprint density at radius 3 is 1.21 bits per heavy atom. The second-order valence-electron chi connectivity index (χ2n) is 6.89. The molecular weight excluding hydrogens is 608 g/mol. The smallest absolute Gasteiger partial charge is 0 e. The molecule has 0 nitrogen and oxygen atoms in total. The molecule has 2 rings (SSSR count). The third-order valence-corrected chi connectivity index (χ3v) is 14.2. The first-order chi connectivity index (χ1) is 8.21. The van der Waals surface area contributed by atoms with Crippen LogP contribution >= 0.6 is 0 Å². The topological polar surface area (TPSA) is 0 Å². The maximum absolute atomic E-state index is 3.40. The van der Waals surface area contributed by atoms with Crippen molar-refractivity contribution in [1.82, 2.24) is 0 Å². The van der Waals surface area contributed by atoms with Crippen LogP contribution in [0.25, 0.3) is 0 Å². The Morgan fingerprint density at radius 2 is 1.11 bits per heavy atom. The second-order valence-corrected chi connectivity index (χ2v) is 35.7. The fraction of sp³-hybridized carbons (Fsp3) is 0.500. The van der Waals surface area contributed by atoms with E-state index in [0.29, 0.717) is 0 Å². The maximum Gasteiger partial charge on any atom is 0 e. The molecule has 0 saturated carbocycles. The molecule has 0 radical (unpaired) electrons. The van der Waals surface area contributed by atoms with E-state index in [9.17, 15) is 0 Å². The molecule has 0 bridgehead atoms. The predicted molar refractivity (Wildman–Crippen MR) is 89.9 cm³/mol. The van der Waals surface area contributed by atoms with Crippen molar-refractivity contribution in [3.05, 3.63) is 43.6 Å². The largest absolute Gasteiger partial charge is 1.00 e. The molecule has 0 unspecified atom stereocenters. The standard InChI is InChI=1S/2C5H4.6CH3.Hf.2Sn.2H/c2*1-2-4-5-3-1;;;;;;;;;;;/h2*1-2H,3H2;6*1H3;;;;;/q2*-1;;;;;;;;;;2*-1. The van der Waals surface area contributed by atoms with Crippen LogP contribution in [0.1, 0.15) is 15.7 Å². The van der Waals surface area contributed by atoms with Crippen molar-refractivity contribution in [2.75, 3.05) is 0 Å². The van der Waals surface area contributed by atoms with Gasteiger partial charge in [-0.25, -0.2) is 0 Å². The van der Waals surface area contributed by atoms with Crippen LogP contribution in [0.15, 0.2) is 31.5 Å². The van der Waals surface area contributed by atoms with Crippen molar-refractivity contribution in [3.63, 3.8) is 0 Å². The normalized spacial score (nSPS) is 17.4. The number of hydrogen-bond acceptors (Lipinski definition) is 0. The van der Waals surface area contributed by atoms with Gasteiger partial charge in [-0.05, 0) is 0 Å². The maximum atomic E-state index is 3.40. The Labute approximate surface area is 150 Å². The summed E-state index contributed by atoms with van der Waals surface area (Å²) in [4.78, 5) is 14.5. The van der Waals surface area contributed by atoms with Gasteiger partial charge in [0, 0.05) is 25.8 Å². The zero-order valence-corrected chi connectivity index (χ0v) is 22.5. The molecule has 0 saturated heterocycles. The van der Waals surface area contributed by atoms with Gasteiger partial charge in [-0.2, -0.15) is 0 Å². The Hall–Kier alpha value is 1.43. The summed E-state index contributed by atoms with van der Waals surface area (Å²) >= 11 is -3.35. The molecule has 0 aromatic carbocycles. The molecule has 2 aliphatic carbocycles. The van der Waals surface area contributed by atoms with E-state index in [1.807, 2.05) is 0 Å². The van der Waals surface area contributed by atoms with Gasteiger partial charge in [0.1, 0.15) is 0 Å². The van der Waals surface area contributed by atoms with E-state index in [1.54, 1.807) is 7.18 Å². The van der Waals surface area contributed by atoms with E-state index in [0.717, 1.165) is 12.8 Å². The fourth-order valence-electron chi connectivity index (χ4n) is 1.84. The summed E-state index contributed by atoms with van der Waals surface area (Å²) in [7, 11) is 0. The van der Waals surface area contributed by atoms with Crippen LogP contribution in [0, 0.1) is 12.2 Å². The van der Waals surface area contributed by atoms with Gasteiger partial charge in [0.25, 0.3) is 0 Å². The van der Waals surface area contributed by atoms with Crippen molar-refractivity contribution >= 4 is 36.8 Å². The summed E-state index contributed by atoms with van der Waals surface area (Å²) in [6, 6.07) is 0. The van der Waals surface area contributed by atoms with Crippen LogP contribution in [0.4, 0.5) is 0 Å². The summed E-state index contributed by atoms with van der Waals surface area (Å²) in [6.07, 6.45) is 17.8. The second kappa shape index (κ2) is 8.77. The minimum Gasteiger partial charge on any atom is -1.00 e. The van der Waals surface area contributed by atoms with Crippen LogP contribution < -0.4 is 0 Å². The van der Waals surface area contributed by atoms with E-state index in [2.05, 4.69) is 66.1 Å². The Morgan fingerprint density at radius 1 is 0.789 bits per heavy atom. The average molecular weight is 636 g/mol. The number of rotatable bonds is 2. The molecule has 3 heteroatoms. The molecule has 0 amide bonds. The first-order valence-electron chi connectivity index (χ1n) is 6.77. The van der Waals surface area contributed by atoms with E-state index in [-0.39, 0.29) is 28.7 Å². The van der Waals surface area contributed by atoms with E-state index in [4.69, 9.17) is 0 Å². The molecule has 0 heterocycles. The molecule has 0 aliphatic heterocycles. The molecule has 0 fully saturated rings. The van der Waals surface area contributed by atoms with Crippen LogP contribution in [0.3, 0.4) is 0 Å². The quantitative estimate of drug-likeness (QED) is 0.284. The van der Waals surface area contributed by atoms with Crippen molar-refractivity contribution in [1.29, 1.82) is 0 Å². The van der Waals surface area contributed by atoms with Gasteiger partial charge in [0.05, 0.1) is 0 Å². The molecule has 0 N–H and O–H groups in total. The zero-order valence-electron chi connectivity index (χ0n) is 15.2. The molecule has 0 aromatic rings. The minimum absolute atomic E-state index is 0. The summed E-state index contributed by atoms with van der Waals surface area (Å²) in [5, 5.41) is 0. The van der Waals surface area contributed by atoms with Gasteiger partial charge in [-0.1, -0.05) is 0 Å². The zero-order chi connectivity index (χ0) is 13.8. The minimum atomic E-state index is -1.67. The van der Waals surface area contributed by atoms with Crippen LogP contribution in [0.5, 0.6) is 0 Å². The van der Waals surface area contributed by atoms with Gasteiger partial charge in [-0.3, -0.25) is 0 Å². The Balaban J connectivity index is -0.000000270. The average Bonchev–Trinajstić information content (AvgIpc) is 2.91. The van der Waals surface area contributed by atoms with Gasteiger partial charge >= 0.3 is 123 Å². The first kappa shape index (κ1) is 20.4. The van der Waals surface area contributed by atoms with E-state index >= 15 is 0 Å². The fourth-order valence-corrected chi connectivity index (χ4v) is 8.98. The number of hydrogen-bond donors (Lipinski definition) is 0. The van der Waals surface area contributed by atoms with Crippen molar-refractivity contribution in [2.45, 2.75) is 42.5 Å². The van der Waals surface area contributed by atoms with Crippen LogP contribution in [-0.4, -0.2) is 36.8 Å². The Bertz CT molecular complexity index is 371. The molecule has 19 heavy (non-hydrogen) atoms. The molecule has 0 spiro atoms. The predicted octanol–water partition coefficient (Wildman–Crippen LogP) is 5.33. The van der Waals surface area contributed by atoms with E-state index < -0.39 is 36.8 Å². The number of allylic oxidation sites excluding steroid dienone is 8. The monoisotopic (exact) mass is 640 g/mol. The van der Waals surface area contributed by atoms with Gasteiger partial charge in [0.15, 0.2) is 0 Å². The third kappa shape index (κ3) is 7.84. The van der Waals surface area contributed by atoms with Gasteiger partial charge in [0.2, 0.25) is 0 Å². The van der Waals surface area contributed by atoms with E-state index in [1.165, 1.54) is 0 Å². The van der Waals surface area contributed by atoms with Crippen LogP contribution in [-0.2, 0) is 25.8 Å². The van der Waals surface area contributed by atoms with Gasteiger partial charge in [-0.15, -0.1) is 0 Å². The summed E-state index contributed by atoms with van der Waals surface area (Å²) in [6.45, 7) is 0. The molecule has 2 aliphatic rings. The molecule has 0 aromatic heterocycles.